The van der Waals surface area contributed by atoms with Crippen molar-refractivity contribution in [3.05, 3.63) is 17.5 Å². The molecule has 2 N–H and O–H groups in total. The zero-order valence-corrected chi connectivity index (χ0v) is 19.2. The van der Waals surface area contributed by atoms with Crippen LogP contribution in [0.5, 0.6) is 0 Å². The van der Waals surface area contributed by atoms with Crippen LogP contribution in [0, 0.1) is 6.92 Å². The number of methoxy groups -OCH3 is 2. The summed E-state index contributed by atoms with van der Waals surface area (Å²) < 4.78 is 20.8. The Hall–Kier alpha value is -2.46. The van der Waals surface area contributed by atoms with E-state index in [4.69, 9.17) is 18.7 Å². The van der Waals surface area contributed by atoms with Crippen molar-refractivity contribution in [2.24, 2.45) is 0 Å². The van der Waals surface area contributed by atoms with Gasteiger partial charge in [-0.3, -0.25) is 9.59 Å². The van der Waals surface area contributed by atoms with Crippen LogP contribution in [0.25, 0.3) is 0 Å². The number of rotatable bonds is 10. The van der Waals surface area contributed by atoms with Crippen molar-refractivity contribution in [2.45, 2.75) is 76.5 Å². The summed E-state index contributed by atoms with van der Waals surface area (Å²) >= 11 is 0. The van der Waals surface area contributed by atoms with Crippen LogP contribution in [0.4, 0.5) is 0 Å². The first-order chi connectivity index (χ1) is 15.4. The number of hydrogen-bond acceptors (Lipinski definition) is 8. The minimum atomic E-state index is -1.04. The molecule has 0 aromatic carbocycles. The Kier molecular flexibility index (Phi) is 11.2. The predicted octanol–water partition coefficient (Wildman–Crippen LogP) is 1.91. The van der Waals surface area contributed by atoms with E-state index in [1.165, 1.54) is 33.1 Å². The largest absolute Gasteiger partial charge is 0.461 e. The summed E-state index contributed by atoms with van der Waals surface area (Å²) in [6.07, 6.45) is 8.20. The van der Waals surface area contributed by atoms with Crippen LogP contribution in [0.3, 0.4) is 0 Å². The molecular formula is C22H35N3O7. The molecule has 180 valence electrons. The van der Waals surface area contributed by atoms with Gasteiger partial charge in [0.25, 0.3) is 5.91 Å². The molecule has 0 bridgehead atoms. The van der Waals surface area contributed by atoms with Crippen molar-refractivity contribution in [1.82, 2.24) is 15.8 Å². The second-order valence-electron chi connectivity index (χ2n) is 8.08. The predicted molar refractivity (Wildman–Crippen MR) is 115 cm³/mol. The Labute approximate surface area is 188 Å². The molecule has 1 aromatic heterocycles. The number of hydrogen-bond donors (Lipinski definition) is 2. The maximum atomic E-state index is 12.8. The van der Waals surface area contributed by atoms with Crippen LogP contribution in [-0.2, 0) is 23.8 Å². The van der Waals surface area contributed by atoms with Crippen LogP contribution in [0.2, 0.25) is 0 Å². The molecule has 0 spiro atoms. The van der Waals surface area contributed by atoms with Gasteiger partial charge in [-0.2, -0.15) is 0 Å². The lowest BCUT2D eigenvalue weighted by atomic mass is 10.1. The highest BCUT2D eigenvalue weighted by molar-refractivity contribution is 5.97. The van der Waals surface area contributed by atoms with Gasteiger partial charge < -0.3 is 29.4 Å². The summed E-state index contributed by atoms with van der Waals surface area (Å²) in [6, 6.07) is -0.577. The van der Waals surface area contributed by atoms with E-state index < -0.39 is 29.9 Å². The highest BCUT2D eigenvalue weighted by atomic mass is 16.5. The molecule has 1 fully saturated rings. The normalized spacial score (nSPS) is 17.3. The molecule has 10 heteroatoms. The van der Waals surface area contributed by atoms with E-state index in [2.05, 4.69) is 15.8 Å². The van der Waals surface area contributed by atoms with Gasteiger partial charge in [0.05, 0.1) is 13.2 Å². The van der Waals surface area contributed by atoms with E-state index in [1.807, 2.05) is 0 Å². The SMILES string of the molecule is COC[C@H](NC(=O)c1cc(C)on1)C(=O)N[C@@H](COC)C(=O)OC1CCCCCCCC1. The molecule has 32 heavy (non-hydrogen) atoms. The number of ether oxygens (including phenoxy) is 3. The molecule has 0 radical (unpaired) electrons. The number of nitrogens with one attached hydrogen (secondary N) is 2. The van der Waals surface area contributed by atoms with Crippen LogP contribution < -0.4 is 10.6 Å². The highest BCUT2D eigenvalue weighted by Gasteiger charge is 2.30. The van der Waals surface area contributed by atoms with Crippen molar-refractivity contribution >= 4 is 17.8 Å². The molecule has 2 rings (SSSR count). The van der Waals surface area contributed by atoms with Gasteiger partial charge >= 0.3 is 5.97 Å². The first-order valence-electron chi connectivity index (χ1n) is 11.2. The fourth-order valence-electron chi connectivity index (χ4n) is 3.62. The van der Waals surface area contributed by atoms with Gasteiger partial charge in [0.1, 0.15) is 17.9 Å². The molecule has 1 heterocycles. The van der Waals surface area contributed by atoms with Crippen LogP contribution >= 0.6 is 0 Å². The molecule has 0 unspecified atom stereocenters. The zero-order chi connectivity index (χ0) is 23.3. The van der Waals surface area contributed by atoms with Crippen LogP contribution in [0.1, 0.15) is 67.6 Å². The number of aryl methyl sites for hydroxylation is 1. The average molecular weight is 454 g/mol. The van der Waals surface area contributed by atoms with Gasteiger partial charge in [0.15, 0.2) is 11.7 Å². The van der Waals surface area contributed by atoms with Crippen molar-refractivity contribution in [3.63, 3.8) is 0 Å². The number of esters is 1. The summed E-state index contributed by atoms with van der Waals surface area (Å²) in [7, 11) is 2.85. The maximum absolute atomic E-state index is 12.8. The molecular weight excluding hydrogens is 418 g/mol. The maximum Gasteiger partial charge on any atom is 0.331 e. The second kappa shape index (κ2) is 13.8. The average Bonchev–Trinajstić information content (AvgIpc) is 3.24. The van der Waals surface area contributed by atoms with E-state index in [0.29, 0.717) is 5.76 Å². The third-order valence-electron chi connectivity index (χ3n) is 5.34. The molecule has 10 nitrogen and oxygen atoms in total. The van der Waals surface area contributed by atoms with E-state index in [9.17, 15) is 14.4 Å². The van der Waals surface area contributed by atoms with Gasteiger partial charge in [-0.25, -0.2) is 4.79 Å². The fraction of sp³-hybridized carbons (Fsp3) is 0.727. The zero-order valence-electron chi connectivity index (χ0n) is 19.2. The van der Waals surface area contributed by atoms with Crippen molar-refractivity contribution in [1.29, 1.82) is 0 Å². The molecule has 2 amide bonds. The Morgan fingerprint density at radius 3 is 2.16 bits per heavy atom. The van der Waals surface area contributed by atoms with E-state index in [-0.39, 0.29) is 25.0 Å². The van der Waals surface area contributed by atoms with Gasteiger partial charge in [0, 0.05) is 20.3 Å². The van der Waals surface area contributed by atoms with E-state index >= 15 is 0 Å². The van der Waals surface area contributed by atoms with Gasteiger partial charge in [-0.15, -0.1) is 0 Å². The van der Waals surface area contributed by atoms with E-state index in [0.717, 1.165) is 38.5 Å². The number of carbonyl (C=O) groups excluding carboxylic acids is 3. The monoisotopic (exact) mass is 453 g/mol. The summed E-state index contributed by atoms with van der Waals surface area (Å²) in [4.78, 5) is 38.0. The number of amides is 2. The minimum Gasteiger partial charge on any atom is -0.461 e. The standard InChI is InChI=1S/C22H35N3O7/c1-15-12-17(25-32-15)20(26)23-18(13-29-2)21(27)24-19(14-30-3)22(28)31-16-10-8-6-4-5-7-9-11-16/h12,16,18-19H,4-11,13-14H2,1-3H3,(H,23,26)(H,24,27)/t18-,19-/m0/s1. The molecule has 1 aromatic rings. The summed E-state index contributed by atoms with van der Waals surface area (Å²) in [6.45, 7) is 1.51. The second-order valence-corrected chi connectivity index (χ2v) is 8.08. The third kappa shape index (κ3) is 8.58. The quantitative estimate of drug-likeness (QED) is 0.514. The third-order valence-corrected chi connectivity index (χ3v) is 5.34. The van der Waals surface area contributed by atoms with E-state index in [1.54, 1.807) is 6.92 Å². The highest BCUT2D eigenvalue weighted by Crippen LogP contribution is 2.19. The van der Waals surface area contributed by atoms with Crippen molar-refractivity contribution < 1.29 is 33.1 Å². The van der Waals surface area contributed by atoms with Crippen LogP contribution in [-0.4, -0.2) is 68.6 Å². The molecule has 1 aliphatic rings. The molecule has 0 aliphatic heterocycles. The molecule has 2 atom stereocenters. The van der Waals surface area contributed by atoms with Gasteiger partial charge in [-0.1, -0.05) is 30.8 Å². The van der Waals surface area contributed by atoms with Crippen molar-refractivity contribution in [2.75, 3.05) is 27.4 Å². The summed E-state index contributed by atoms with van der Waals surface area (Å²) in [5, 5.41) is 8.80. The number of carbonyl (C=O) groups is 3. The first-order valence-corrected chi connectivity index (χ1v) is 11.2. The Balaban J connectivity index is 1.98. The minimum absolute atomic E-state index is 0.0458. The van der Waals surface area contributed by atoms with Crippen LogP contribution in [0.15, 0.2) is 10.6 Å². The smallest absolute Gasteiger partial charge is 0.331 e. The number of nitrogens with zero attached hydrogens (tertiary/aromatic N) is 1. The summed E-state index contributed by atoms with van der Waals surface area (Å²) in [5.74, 6) is -1.25. The lowest BCUT2D eigenvalue weighted by Gasteiger charge is -2.24. The Bertz CT molecular complexity index is 727. The molecule has 1 aliphatic carbocycles. The lowest BCUT2D eigenvalue weighted by molar-refractivity contribution is -0.155. The Morgan fingerprint density at radius 2 is 1.59 bits per heavy atom. The van der Waals surface area contributed by atoms with Crippen molar-refractivity contribution in [3.8, 4) is 0 Å². The molecule has 1 saturated carbocycles. The molecule has 0 saturated heterocycles. The summed E-state index contributed by atoms with van der Waals surface area (Å²) in [5.41, 5.74) is 0.0458. The fourth-order valence-corrected chi connectivity index (χ4v) is 3.62. The first kappa shape index (κ1) is 25.8. The number of aromatic nitrogens is 1. The van der Waals surface area contributed by atoms with Gasteiger partial charge in [-0.05, 0) is 32.6 Å². The topological polar surface area (TPSA) is 129 Å². The van der Waals surface area contributed by atoms with Gasteiger partial charge in [0.2, 0.25) is 5.91 Å². The lowest BCUT2D eigenvalue weighted by Crippen LogP contribution is -2.55. The Morgan fingerprint density at radius 1 is 1.00 bits per heavy atom.